The molecule has 7 nitrogen and oxygen atoms in total. The Labute approximate surface area is 180 Å². The van der Waals surface area contributed by atoms with Crippen molar-refractivity contribution in [2.45, 2.75) is 19.4 Å². The van der Waals surface area contributed by atoms with Gasteiger partial charge in [-0.25, -0.2) is 4.79 Å². The van der Waals surface area contributed by atoms with Crippen molar-refractivity contribution in [1.82, 2.24) is 10.2 Å². The molecule has 3 aromatic rings. The second-order valence-electron chi connectivity index (χ2n) is 7.74. The normalized spacial score (nSPS) is 18.2. The van der Waals surface area contributed by atoms with E-state index in [2.05, 4.69) is 10.6 Å². The topological polar surface area (TPSA) is 87.7 Å². The second kappa shape index (κ2) is 7.75. The highest BCUT2D eigenvalue weighted by atomic mass is 16.5. The zero-order valence-electron chi connectivity index (χ0n) is 17.6. The molecular weight excluding hydrogens is 394 g/mol. The summed E-state index contributed by atoms with van der Waals surface area (Å²) in [4.78, 5) is 39.2. The Balaban J connectivity index is 1.56. The number of hydrogen-bond donors (Lipinski definition) is 2. The quantitative estimate of drug-likeness (QED) is 0.622. The van der Waals surface area contributed by atoms with Crippen LogP contribution >= 0.6 is 0 Å². The third-order valence-corrected chi connectivity index (χ3v) is 5.62. The molecule has 0 aromatic heterocycles. The fraction of sp³-hybridized carbons (Fsp3) is 0.208. The molecule has 1 saturated heterocycles. The molecule has 3 aromatic carbocycles. The van der Waals surface area contributed by atoms with Gasteiger partial charge in [0, 0.05) is 5.69 Å². The van der Waals surface area contributed by atoms with Gasteiger partial charge >= 0.3 is 6.03 Å². The summed E-state index contributed by atoms with van der Waals surface area (Å²) in [5, 5.41) is 7.37. The van der Waals surface area contributed by atoms with Crippen LogP contribution < -0.4 is 15.4 Å². The Morgan fingerprint density at radius 2 is 1.77 bits per heavy atom. The van der Waals surface area contributed by atoms with Gasteiger partial charge in [-0.2, -0.15) is 0 Å². The van der Waals surface area contributed by atoms with Crippen LogP contribution in [-0.2, 0) is 15.1 Å². The van der Waals surface area contributed by atoms with Crippen LogP contribution in [-0.4, -0.2) is 36.4 Å². The number of rotatable bonds is 5. The largest absolute Gasteiger partial charge is 0.497 e. The van der Waals surface area contributed by atoms with Crippen LogP contribution in [0.1, 0.15) is 18.1 Å². The Hall–Kier alpha value is -3.87. The summed E-state index contributed by atoms with van der Waals surface area (Å²) in [6, 6.07) is 17.9. The molecule has 0 unspecified atom stereocenters. The number of urea groups is 1. The van der Waals surface area contributed by atoms with Gasteiger partial charge in [0.15, 0.2) is 0 Å². The highest BCUT2D eigenvalue weighted by Crippen LogP contribution is 2.32. The van der Waals surface area contributed by atoms with Gasteiger partial charge in [-0.3, -0.25) is 14.5 Å². The van der Waals surface area contributed by atoms with Gasteiger partial charge in [-0.05, 0) is 60.0 Å². The van der Waals surface area contributed by atoms with E-state index in [4.69, 9.17) is 4.74 Å². The van der Waals surface area contributed by atoms with Crippen LogP contribution in [0.5, 0.6) is 5.75 Å². The maximum absolute atomic E-state index is 13.2. The molecule has 1 aliphatic rings. The van der Waals surface area contributed by atoms with Gasteiger partial charge in [0.1, 0.15) is 17.8 Å². The highest BCUT2D eigenvalue weighted by Gasteiger charge is 2.49. The first-order valence-corrected chi connectivity index (χ1v) is 9.90. The van der Waals surface area contributed by atoms with Crippen molar-refractivity contribution in [2.24, 2.45) is 0 Å². The lowest BCUT2D eigenvalue weighted by Crippen LogP contribution is -2.42. The minimum Gasteiger partial charge on any atom is -0.497 e. The van der Waals surface area contributed by atoms with E-state index < -0.39 is 23.4 Å². The Kier molecular flexibility index (Phi) is 5.10. The van der Waals surface area contributed by atoms with E-state index in [-0.39, 0.29) is 6.54 Å². The smallest absolute Gasteiger partial charge is 0.325 e. The average molecular weight is 417 g/mol. The lowest BCUT2D eigenvalue weighted by molar-refractivity contribution is -0.133. The number of nitrogens with one attached hydrogen (secondary N) is 2. The predicted molar refractivity (Wildman–Crippen MR) is 118 cm³/mol. The molecule has 0 saturated carbocycles. The first-order valence-electron chi connectivity index (χ1n) is 9.90. The SMILES string of the molecule is COc1ccc2cc([C@]3(C)NC(=O)N(CC(=O)Nc4ccccc4C)C3=O)ccc2c1. The van der Waals surface area contributed by atoms with E-state index in [9.17, 15) is 14.4 Å². The van der Waals surface area contributed by atoms with Gasteiger partial charge in [0.05, 0.1) is 7.11 Å². The molecule has 1 aliphatic heterocycles. The van der Waals surface area contributed by atoms with Crippen molar-refractivity contribution in [1.29, 1.82) is 0 Å². The van der Waals surface area contributed by atoms with Gasteiger partial charge < -0.3 is 15.4 Å². The summed E-state index contributed by atoms with van der Waals surface area (Å²) in [6.45, 7) is 3.16. The number of para-hydroxylation sites is 1. The van der Waals surface area contributed by atoms with E-state index in [1.165, 1.54) is 0 Å². The van der Waals surface area contributed by atoms with Gasteiger partial charge in [0.2, 0.25) is 5.91 Å². The van der Waals surface area contributed by atoms with E-state index in [1.807, 2.05) is 55.5 Å². The molecule has 1 fully saturated rings. The lowest BCUT2D eigenvalue weighted by Gasteiger charge is -2.22. The maximum Gasteiger partial charge on any atom is 0.325 e. The second-order valence-corrected chi connectivity index (χ2v) is 7.74. The minimum atomic E-state index is -1.26. The molecule has 0 spiro atoms. The number of imide groups is 1. The van der Waals surface area contributed by atoms with Crippen molar-refractivity contribution in [2.75, 3.05) is 19.0 Å². The van der Waals surface area contributed by atoms with Crippen LogP contribution in [0.2, 0.25) is 0 Å². The van der Waals surface area contributed by atoms with Gasteiger partial charge in [0.25, 0.3) is 5.91 Å². The number of amides is 4. The monoisotopic (exact) mass is 417 g/mol. The van der Waals surface area contributed by atoms with E-state index in [0.29, 0.717) is 11.3 Å². The van der Waals surface area contributed by atoms with Crippen molar-refractivity contribution in [3.63, 3.8) is 0 Å². The number of fused-ring (bicyclic) bond motifs is 1. The van der Waals surface area contributed by atoms with E-state index >= 15 is 0 Å². The van der Waals surface area contributed by atoms with Crippen LogP contribution in [0.3, 0.4) is 0 Å². The number of hydrogen-bond acceptors (Lipinski definition) is 4. The fourth-order valence-corrected chi connectivity index (χ4v) is 3.74. The third kappa shape index (κ3) is 3.70. The number of nitrogens with zero attached hydrogens (tertiary/aromatic N) is 1. The van der Waals surface area contributed by atoms with Crippen LogP contribution in [0.15, 0.2) is 60.7 Å². The minimum absolute atomic E-state index is 0.362. The summed E-state index contributed by atoms with van der Waals surface area (Å²) in [7, 11) is 1.60. The zero-order chi connectivity index (χ0) is 22.2. The summed E-state index contributed by atoms with van der Waals surface area (Å²) in [6.07, 6.45) is 0. The molecule has 31 heavy (non-hydrogen) atoms. The predicted octanol–water partition coefficient (Wildman–Crippen LogP) is 3.56. The Bertz CT molecular complexity index is 1210. The Morgan fingerprint density at radius 1 is 1.06 bits per heavy atom. The number of carbonyl (C=O) groups excluding carboxylic acids is 3. The van der Waals surface area contributed by atoms with Crippen molar-refractivity contribution in [3.8, 4) is 5.75 Å². The molecule has 7 heteroatoms. The fourth-order valence-electron chi connectivity index (χ4n) is 3.74. The molecule has 4 rings (SSSR count). The molecule has 4 amide bonds. The van der Waals surface area contributed by atoms with Crippen molar-refractivity contribution in [3.05, 3.63) is 71.8 Å². The highest BCUT2D eigenvalue weighted by molar-refractivity contribution is 6.10. The van der Waals surface area contributed by atoms with Crippen LogP contribution in [0.4, 0.5) is 10.5 Å². The summed E-state index contributed by atoms with van der Waals surface area (Å²) in [5.41, 5.74) is 0.928. The number of anilines is 1. The summed E-state index contributed by atoms with van der Waals surface area (Å²) in [5.74, 6) is -0.166. The molecule has 1 atom stereocenters. The number of aryl methyl sites for hydroxylation is 1. The number of methoxy groups -OCH3 is 1. The van der Waals surface area contributed by atoms with Gasteiger partial charge in [-0.15, -0.1) is 0 Å². The summed E-state index contributed by atoms with van der Waals surface area (Å²) < 4.78 is 5.25. The van der Waals surface area contributed by atoms with Crippen molar-refractivity contribution < 1.29 is 19.1 Å². The van der Waals surface area contributed by atoms with Crippen LogP contribution in [0.25, 0.3) is 10.8 Å². The molecular formula is C24H23N3O4. The molecule has 0 bridgehead atoms. The molecule has 2 N–H and O–H groups in total. The lowest BCUT2D eigenvalue weighted by atomic mass is 9.90. The Morgan fingerprint density at radius 3 is 2.52 bits per heavy atom. The molecule has 1 heterocycles. The maximum atomic E-state index is 13.2. The molecule has 0 radical (unpaired) electrons. The van der Waals surface area contributed by atoms with Crippen molar-refractivity contribution >= 4 is 34.3 Å². The molecule has 0 aliphatic carbocycles. The summed E-state index contributed by atoms with van der Waals surface area (Å²) >= 11 is 0. The number of carbonyl (C=O) groups is 3. The first kappa shape index (κ1) is 20.4. The van der Waals surface area contributed by atoms with Crippen LogP contribution in [0, 0.1) is 6.92 Å². The van der Waals surface area contributed by atoms with Gasteiger partial charge in [-0.1, -0.05) is 36.4 Å². The first-order chi connectivity index (χ1) is 14.8. The van der Waals surface area contributed by atoms with E-state index in [1.54, 1.807) is 26.2 Å². The third-order valence-electron chi connectivity index (χ3n) is 5.62. The number of ether oxygens (including phenoxy) is 1. The zero-order valence-corrected chi connectivity index (χ0v) is 17.6. The average Bonchev–Trinajstić information content (AvgIpc) is 2.98. The van der Waals surface area contributed by atoms with E-state index in [0.717, 1.165) is 27.0 Å². The number of benzene rings is 3. The molecule has 158 valence electrons. The standard InChI is InChI=1S/C24H23N3O4/c1-15-6-4-5-7-20(15)25-21(28)14-27-22(29)24(2,26-23(27)30)18-10-8-17-13-19(31-3)11-9-16(17)12-18/h4-13H,14H2,1-3H3,(H,25,28)(H,26,30)/t24-/m0/s1.